The number of nitrogens with one attached hydrogen (secondary N) is 3. The fourth-order valence-corrected chi connectivity index (χ4v) is 2.93. The summed E-state index contributed by atoms with van der Waals surface area (Å²) in [6.07, 6.45) is 1.00. The van der Waals surface area contributed by atoms with Crippen LogP contribution in [0.15, 0.2) is 29.2 Å². The maximum absolute atomic E-state index is 12.2. The second kappa shape index (κ2) is 6.64. The van der Waals surface area contributed by atoms with Crippen molar-refractivity contribution in [3.05, 3.63) is 30.1 Å². The van der Waals surface area contributed by atoms with Crippen molar-refractivity contribution in [2.45, 2.75) is 31.2 Å². The van der Waals surface area contributed by atoms with E-state index in [0.29, 0.717) is 5.82 Å². The van der Waals surface area contributed by atoms with E-state index in [1.165, 1.54) is 0 Å². The molecule has 1 aromatic heterocycles. The van der Waals surface area contributed by atoms with E-state index in [0.717, 1.165) is 18.7 Å². The number of hydrogen-bond acceptors (Lipinski definition) is 6. The van der Waals surface area contributed by atoms with E-state index in [4.69, 9.17) is 0 Å². The molecule has 1 atom stereocenters. The summed E-state index contributed by atoms with van der Waals surface area (Å²) in [5.74, 6) is 0.291. The molecule has 0 aliphatic carbocycles. The third-order valence-electron chi connectivity index (χ3n) is 2.82. The van der Waals surface area contributed by atoms with Crippen molar-refractivity contribution in [2.24, 2.45) is 0 Å². The third-order valence-corrected chi connectivity index (χ3v) is 4.38. The Bertz CT molecular complexity index is 654. The van der Waals surface area contributed by atoms with Crippen molar-refractivity contribution < 1.29 is 8.42 Å². The Balaban J connectivity index is 2.08. The molecule has 0 radical (unpaired) electrons. The Morgan fingerprint density at radius 3 is 2.57 bits per heavy atom. The van der Waals surface area contributed by atoms with Crippen molar-refractivity contribution in [3.8, 4) is 0 Å². The lowest BCUT2D eigenvalue weighted by atomic mass is 10.3. The van der Waals surface area contributed by atoms with E-state index in [1.807, 2.05) is 0 Å². The van der Waals surface area contributed by atoms with Crippen LogP contribution in [0.2, 0.25) is 0 Å². The van der Waals surface area contributed by atoms with E-state index in [-0.39, 0.29) is 4.90 Å². The van der Waals surface area contributed by atoms with Crippen LogP contribution < -0.4 is 10.0 Å². The molecule has 0 saturated heterocycles. The Morgan fingerprint density at radius 1 is 1.29 bits per heavy atom. The Hall–Kier alpha value is -2.00. The molecule has 0 bridgehead atoms. The maximum Gasteiger partial charge on any atom is 0.241 e. The summed E-state index contributed by atoms with van der Waals surface area (Å²) in [5.41, 5.74) is 0.891. The number of aromatic amines is 1. The van der Waals surface area contributed by atoms with Crippen LogP contribution in [-0.4, -0.2) is 35.6 Å². The van der Waals surface area contributed by atoms with Gasteiger partial charge in [-0.05, 0) is 37.6 Å². The van der Waals surface area contributed by atoms with Gasteiger partial charge in [0, 0.05) is 12.2 Å². The summed E-state index contributed by atoms with van der Waals surface area (Å²) in [5, 5.41) is 16.4. The zero-order valence-corrected chi connectivity index (χ0v) is 12.7. The number of aromatic nitrogens is 4. The summed E-state index contributed by atoms with van der Waals surface area (Å²) in [4.78, 5) is 0.194. The second-order valence-corrected chi connectivity index (χ2v) is 6.28. The average molecular weight is 310 g/mol. The topological polar surface area (TPSA) is 113 Å². The van der Waals surface area contributed by atoms with Gasteiger partial charge >= 0.3 is 0 Å². The molecule has 0 aliphatic heterocycles. The normalized spacial score (nSPS) is 13.0. The van der Waals surface area contributed by atoms with Gasteiger partial charge in [0.05, 0.1) is 10.9 Å². The van der Waals surface area contributed by atoms with Crippen LogP contribution in [0.25, 0.3) is 0 Å². The molecule has 1 aromatic carbocycles. The van der Waals surface area contributed by atoms with Gasteiger partial charge in [0.15, 0.2) is 5.82 Å². The molecule has 3 N–H and O–H groups in total. The molecule has 2 rings (SSSR count). The van der Waals surface area contributed by atoms with E-state index >= 15 is 0 Å². The monoisotopic (exact) mass is 310 g/mol. The first-order valence-corrected chi connectivity index (χ1v) is 8.11. The summed E-state index contributed by atoms with van der Waals surface area (Å²) < 4.78 is 27.0. The molecule has 1 unspecified atom stereocenters. The van der Waals surface area contributed by atoms with Crippen molar-refractivity contribution >= 4 is 15.7 Å². The largest absolute Gasteiger partial charge is 0.385 e. The van der Waals surface area contributed by atoms with Gasteiger partial charge < -0.3 is 5.32 Å². The van der Waals surface area contributed by atoms with Gasteiger partial charge in [0.25, 0.3) is 0 Å². The standard InChI is InChI=1S/C12H18N6O2S/c1-3-8-13-10-4-6-11(7-5-10)21(19,20)16-9(2)12-14-17-18-15-12/h4-7,9,13,16H,3,8H2,1-2H3,(H,14,15,17,18). The van der Waals surface area contributed by atoms with E-state index in [2.05, 4.69) is 37.6 Å². The second-order valence-electron chi connectivity index (χ2n) is 4.56. The van der Waals surface area contributed by atoms with Gasteiger partial charge in [0.1, 0.15) is 0 Å². The smallest absolute Gasteiger partial charge is 0.241 e. The molecule has 0 saturated carbocycles. The Labute approximate surface area is 123 Å². The number of anilines is 1. The van der Waals surface area contributed by atoms with Crippen molar-refractivity contribution in [1.29, 1.82) is 0 Å². The maximum atomic E-state index is 12.2. The lowest BCUT2D eigenvalue weighted by Crippen LogP contribution is -2.27. The third kappa shape index (κ3) is 3.99. The lowest BCUT2D eigenvalue weighted by molar-refractivity contribution is 0.560. The quantitative estimate of drug-likeness (QED) is 0.705. The molecular formula is C12H18N6O2S. The Kier molecular flexibility index (Phi) is 4.86. The molecule has 21 heavy (non-hydrogen) atoms. The van der Waals surface area contributed by atoms with Crippen molar-refractivity contribution in [3.63, 3.8) is 0 Å². The summed E-state index contributed by atoms with van der Waals surface area (Å²) in [7, 11) is -3.62. The van der Waals surface area contributed by atoms with E-state index < -0.39 is 16.1 Å². The van der Waals surface area contributed by atoms with Crippen LogP contribution in [0, 0.1) is 0 Å². The highest BCUT2D eigenvalue weighted by atomic mass is 32.2. The minimum Gasteiger partial charge on any atom is -0.385 e. The first kappa shape index (κ1) is 15.4. The number of nitrogens with zero attached hydrogens (tertiary/aromatic N) is 3. The number of tetrazole rings is 1. The number of sulfonamides is 1. The molecule has 8 nitrogen and oxygen atoms in total. The van der Waals surface area contributed by atoms with Crippen LogP contribution in [0.1, 0.15) is 32.1 Å². The van der Waals surface area contributed by atoms with Gasteiger partial charge in [-0.25, -0.2) is 13.1 Å². The zero-order chi connectivity index (χ0) is 15.3. The van der Waals surface area contributed by atoms with Gasteiger partial charge in [-0.15, -0.1) is 10.2 Å². The number of benzene rings is 1. The van der Waals surface area contributed by atoms with E-state index in [9.17, 15) is 8.42 Å². The summed E-state index contributed by atoms with van der Waals surface area (Å²) in [6.45, 7) is 4.56. The van der Waals surface area contributed by atoms with Gasteiger partial charge in [0.2, 0.25) is 10.0 Å². The first-order valence-electron chi connectivity index (χ1n) is 6.62. The van der Waals surface area contributed by atoms with Crippen molar-refractivity contribution in [2.75, 3.05) is 11.9 Å². The number of hydrogen-bond donors (Lipinski definition) is 3. The Morgan fingerprint density at radius 2 is 2.00 bits per heavy atom. The minimum absolute atomic E-state index is 0.194. The summed E-state index contributed by atoms with van der Waals surface area (Å²) >= 11 is 0. The highest BCUT2D eigenvalue weighted by Gasteiger charge is 2.20. The van der Waals surface area contributed by atoms with Crippen LogP contribution >= 0.6 is 0 Å². The van der Waals surface area contributed by atoms with E-state index in [1.54, 1.807) is 31.2 Å². The number of H-pyrrole nitrogens is 1. The first-order chi connectivity index (χ1) is 10.0. The molecule has 0 spiro atoms. The van der Waals surface area contributed by atoms with Crippen LogP contribution in [0.5, 0.6) is 0 Å². The number of rotatable bonds is 7. The van der Waals surface area contributed by atoms with Crippen LogP contribution in [0.3, 0.4) is 0 Å². The predicted molar refractivity (Wildman–Crippen MR) is 78.1 cm³/mol. The highest BCUT2D eigenvalue weighted by Crippen LogP contribution is 2.16. The summed E-state index contributed by atoms with van der Waals surface area (Å²) in [6, 6.07) is 6.03. The van der Waals surface area contributed by atoms with Gasteiger partial charge in [-0.2, -0.15) is 5.21 Å². The molecule has 0 aliphatic rings. The SMILES string of the molecule is CCCNc1ccc(S(=O)(=O)NC(C)c2nn[nH]n2)cc1. The lowest BCUT2D eigenvalue weighted by Gasteiger charge is -2.11. The van der Waals surface area contributed by atoms with Crippen molar-refractivity contribution in [1.82, 2.24) is 25.3 Å². The molecular weight excluding hydrogens is 292 g/mol. The zero-order valence-electron chi connectivity index (χ0n) is 11.9. The molecule has 9 heteroatoms. The minimum atomic E-state index is -3.62. The van der Waals surface area contributed by atoms with Crippen LogP contribution in [-0.2, 0) is 10.0 Å². The molecule has 2 aromatic rings. The van der Waals surface area contributed by atoms with Gasteiger partial charge in [-0.3, -0.25) is 0 Å². The van der Waals surface area contributed by atoms with Gasteiger partial charge in [-0.1, -0.05) is 12.1 Å². The molecule has 0 fully saturated rings. The highest BCUT2D eigenvalue weighted by molar-refractivity contribution is 7.89. The fourth-order valence-electron chi connectivity index (χ4n) is 1.73. The van der Waals surface area contributed by atoms with Crippen LogP contribution in [0.4, 0.5) is 5.69 Å². The fraction of sp³-hybridized carbons (Fsp3) is 0.417. The molecule has 114 valence electrons. The average Bonchev–Trinajstić information content (AvgIpc) is 2.99. The molecule has 0 amide bonds. The predicted octanol–water partition coefficient (Wildman–Crippen LogP) is 1.06. The molecule has 1 heterocycles.